The molecular weight excluding hydrogens is 438 g/mol. The van der Waals surface area contributed by atoms with Crippen molar-refractivity contribution >= 4 is 23.2 Å². The van der Waals surface area contributed by atoms with Crippen LogP contribution < -0.4 is 15.5 Å². The van der Waals surface area contributed by atoms with Crippen LogP contribution in [0.15, 0.2) is 78.9 Å². The van der Waals surface area contributed by atoms with Crippen LogP contribution in [-0.4, -0.2) is 38.1 Å². The number of fused-ring (bicyclic) bond motifs is 2. The van der Waals surface area contributed by atoms with Crippen LogP contribution in [-0.2, 0) is 19.7 Å². The monoisotopic (exact) mass is 467 g/mol. The van der Waals surface area contributed by atoms with Crippen LogP contribution in [0.4, 0.5) is 11.4 Å². The number of carbonyl (C=O) groups excluding carboxylic acids is 2. The van der Waals surface area contributed by atoms with Crippen LogP contribution in [0.25, 0.3) is 0 Å². The van der Waals surface area contributed by atoms with Gasteiger partial charge in [0.25, 0.3) is 0 Å². The van der Waals surface area contributed by atoms with Gasteiger partial charge < -0.3 is 20.3 Å². The van der Waals surface area contributed by atoms with Crippen molar-refractivity contribution in [2.24, 2.45) is 5.92 Å². The number of amides is 2. The summed E-state index contributed by atoms with van der Waals surface area (Å²) < 4.78 is 5.50. The van der Waals surface area contributed by atoms with Crippen LogP contribution in [0.3, 0.4) is 0 Å². The standard InChI is InChI=1S/C29H29N3O3/c1-19-25(20-11-13-22(14-12-20)32-15-17-35-18-16-32)29(23-9-5-6-10-24(23)30-28(29)34)26(31-27(19)33)21-7-3-2-4-8-21/h2-14,19,25-26H,15-18H2,1H3,(H,30,34)(H,31,33)/t19-,25-,26+,29-/m0/s1. The first-order valence-electron chi connectivity index (χ1n) is 12.3. The molecule has 4 atom stereocenters. The summed E-state index contributed by atoms with van der Waals surface area (Å²) in [4.78, 5) is 29.7. The number of hydrogen-bond acceptors (Lipinski definition) is 4. The zero-order valence-electron chi connectivity index (χ0n) is 19.7. The third-order valence-electron chi connectivity index (χ3n) is 7.90. The van der Waals surface area contributed by atoms with E-state index in [1.54, 1.807) is 0 Å². The zero-order chi connectivity index (χ0) is 24.0. The third-order valence-corrected chi connectivity index (χ3v) is 7.90. The molecule has 0 bridgehead atoms. The maximum absolute atomic E-state index is 14.1. The summed E-state index contributed by atoms with van der Waals surface area (Å²) >= 11 is 0. The molecule has 2 amide bonds. The fourth-order valence-electron chi connectivity index (χ4n) is 6.27. The maximum Gasteiger partial charge on any atom is 0.238 e. The average Bonchev–Trinajstić information content (AvgIpc) is 3.19. The lowest BCUT2D eigenvalue weighted by Gasteiger charge is -2.49. The van der Waals surface area contributed by atoms with E-state index in [1.807, 2.05) is 61.5 Å². The van der Waals surface area contributed by atoms with Gasteiger partial charge in [0.1, 0.15) is 5.41 Å². The van der Waals surface area contributed by atoms with Crippen molar-refractivity contribution in [3.8, 4) is 0 Å². The molecule has 178 valence electrons. The molecule has 0 aliphatic carbocycles. The fourth-order valence-corrected chi connectivity index (χ4v) is 6.27. The van der Waals surface area contributed by atoms with E-state index in [4.69, 9.17) is 4.74 Å². The molecule has 0 saturated carbocycles. The Morgan fingerprint density at radius 2 is 1.54 bits per heavy atom. The first kappa shape index (κ1) is 21.9. The van der Waals surface area contributed by atoms with Crippen molar-refractivity contribution in [2.75, 3.05) is 36.5 Å². The molecule has 0 unspecified atom stereocenters. The quantitative estimate of drug-likeness (QED) is 0.611. The Bertz CT molecular complexity index is 1250. The molecule has 3 aromatic carbocycles. The van der Waals surface area contributed by atoms with Gasteiger partial charge in [0.15, 0.2) is 0 Å². The van der Waals surface area contributed by atoms with E-state index in [-0.39, 0.29) is 23.7 Å². The molecule has 3 aliphatic heterocycles. The van der Waals surface area contributed by atoms with Crippen molar-refractivity contribution < 1.29 is 14.3 Å². The van der Waals surface area contributed by atoms with Crippen molar-refractivity contribution in [2.45, 2.75) is 24.3 Å². The van der Waals surface area contributed by atoms with Crippen LogP contribution in [0.5, 0.6) is 0 Å². The van der Waals surface area contributed by atoms with Gasteiger partial charge in [-0.25, -0.2) is 0 Å². The molecule has 2 N–H and O–H groups in total. The first-order valence-corrected chi connectivity index (χ1v) is 12.3. The van der Waals surface area contributed by atoms with Crippen molar-refractivity contribution in [1.29, 1.82) is 0 Å². The van der Waals surface area contributed by atoms with Crippen LogP contribution in [0, 0.1) is 5.92 Å². The van der Waals surface area contributed by atoms with Crippen LogP contribution in [0.1, 0.15) is 35.6 Å². The van der Waals surface area contributed by atoms with E-state index in [1.165, 1.54) is 0 Å². The van der Waals surface area contributed by atoms with Gasteiger partial charge in [-0.05, 0) is 34.9 Å². The van der Waals surface area contributed by atoms with E-state index in [0.29, 0.717) is 0 Å². The molecule has 0 aromatic heterocycles. The minimum absolute atomic E-state index is 0.0380. The Hall–Kier alpha value is -3.64. The second-order valence-corrected chi connectivity index (χ2v) is 9.68. The molecule has 6 heteroatoms. The van der Waals surface area contributed by atoms with Crippen molar-refractivity contribution in [3.05, 3.63) is 95.6 Å². The molecule has 3 aromatic rings. The summed E-state index contributed by atoms with van der Waals surface area (Å²) in [6.07, 6.45) is 0. The molecule has 0 radical (unpaired) electrons. The van der Waals surface area contributed by atoms with Gasteiger partial charge in [-0.2, -0.15) is 0 Å². The molecule has 1 spiro atoms. The highest BCUT2D eigenvalue weighted by Gasteiger charge is 2.63. The topological polar surface area (TPSA) is 70.7 Å². The van der Waals surface area contributed by atoms with Gasteiger partial charge in [0.2, 0.25) is 11.8 Å². The van der Waals surface area contributed by atoms with Crippen LogP contribution >= 0.6 is 0 Å². The summed E-state index contributed by atoms with van der Waals surface area (Å²) in [5.74, 6) is -0.824. The highest BCUT2D eigenvalue weighted by molar-refractivity contribution is 6.09. The summed E-state index contributed by atoms with van der Waals surface area (Å²) in [7, 11) is 0. The molecule has 6 nitrogen and oxygen atoms in total. The van der Waals surface area contributed by atoms with Gasteiger partial charge in [-0.15, -0.1) is 0 Å². The second-order valence-electron chi connectivity index (χ2n) is 9.68. The number of para-hydroxylation sites is 1. The van der Waals surface area contributed by atoms with Gasteiger partial charge >= 0.3 is 0 Å². The highest BCUT2D eigenvalue weighted by Crippen LogP contribution is 2.58. The largest absolute Gasteiger partial charge is 0.378 e. The predicted octanol–water partition coefficient (Wildman–Crippen LogP) is 4.00. The SMILES string of the molecule is C[C@@H]1C(=O)N[C@H](c2ccccc2)[C@@]2(C(=O)Nc3ccccc32)[C@@H]1c1ccc(N2CCOCC2)cc1. The number of morpholine rings is 1. The van der Waals surface area contributed by atoms with Gasteiger partial charge in [-0.3, -0.25) is 9.59 Å². The molecule has 2 saturated heterocycles. The van der Waals surface area contributed by atoms with Crippen molar-refractivity contribution in [1.82, 2.24) is 5.32 Å². The number of rotatable bonds is 3. The lowest BCUT2D eigenvalue weighted by atomic mass is 9.56. The number of piperidine rings is 1. The smallest absolute Gasteiger partial charge is 0.238 e. The van der Waals surface area contributed by atoms with E-state index in [9.17, 15) is 9.59 Å². The number of nitrogens with one attached hydrogen (secondary N) is 2. The molecule has 6 rings (SSSR count). The number of hydrogen-bond donors (Lipinski definition) is 2. The Kier molecular flexibility index (Phi) is 5.33. The predicted molar refractivity (Wildman–Crippen MR) is 135 cm³/mol. The highest BCUT2D eigenvalue weighted by atomic mass is 16.5. The number of carbonyl (C=O) groups is 2. The van der Waals surface area contributed by atoms with E-state index >= 15 is 0 Å². The normalized spacial score (nSPS) is 27.9. The summed E-state index contributed by atoms with van der Waals surface area (Å²) in [6.45, 7) is 5.10. The Labute approximate surface area is 205 Å². The molecule has 3 aliphatic rings. The van der Waals surface area contributed by atoms with Crippen molar-refractivity contribution in [3.63, 3.8) is 0 Å². The third kappa shape index (κ3) is 3.35. The van der Waals surface area contributed by atoms with Gasteiger partial charge in [0.05, 0.1) is 19.3 Å². The maximum atomic E-state index is 14.1. The Morgan fingerprint density at radius 1 is 0.857 bits per heavy atom. The lowest BCUT2D eigenvalue weighted by molar-refractivity contribution is -0.135. The van der Waals surface area contributed by atoms with Gasteiger partial charge in [-0.1, -0.05) is 67.6 Å². The van der Waals surface area contributed by atoms with E-state index in [0.717, 1.165) is 54.4 Å². The van der Waals surface area contributed by atoms with E-state index in [2.05, 4.69) is 39.8 Å². The number of nitrogens with zero attached hydrogens (tertiary/aromatic N) is 1. The molecule has 2 fully saturated rings. The fraction of sp³-hybridized carbons (Fsp3) is 0.310. The molecule has 35 heavy (non-hydrogen) atoms. The minimum atomic E-state index is -0.967. The Morgan fingerprint density at radius 3 is 2.29 bits per heavy atom. The molecular formula is C29H29N3O3. The first-order chi connectivity index (χ1) is 17.1. The summed E-state index contributed by atoms with van der Waals surface area (Å²) in [6, 6.07) is 25.7. The lowest BCUT2D eigenvalue weighted by Crippen LogP contribution is -2.60. The van der Waals surface area contributed by atoms with E-state index < -0.39 is 11.5 Å². The number of ether oxygens (including phenoxy) is 1. The summed E-state index contributed by atoms with van der Waals surface area (Å²) in [5, 5.41) is 6.37. The number of anilines is 2. The minimum Gasteiger partial charge on any atom is -0.378 e. The summed E-state index contributed by atoms with van der Waals surface area (Å²) in [5.41, 5.74) is 3.84. The van der Waals surface area contributed by atoms with Gasteiger partial charge in [0, 0.05) is 36.3 Å². The Balaban J connectivity index is 1.52. The average molecular weight is 468 g/mol. The van der Waals surface area contributed by atoms with Crippen LogP contribution in [0.2, 0.25) is 0 Å². The second kappa shape index (κ2) is 8.54. The number of benzene rings is 3. The molecule has 3 heterocycles. The zero-order valence-corrected chi connectivity index (χ0v) is 19.7.